The van der Waals surface area contributed by atoms with Crippen LogP contribution in [-0.2, 0) is 0 Å². The number of ether oxygens (including phenoxy) is 2. The standard InChI is InChI=1S/C15H15N3O5/c1-22-11-8-6-10(7-9-11)16-15(19)17-12-4-3-5-13(18(20)21)14(12)23-2/h3-9H,1-2H3,(H2,16,17,19). The van der Waals surface area contributed by atoms with Gasteiger partial charge in [0.2, 0.25) is 5.75 Å². The quantitative estimate of drug-likeness (QED) is 0.651. The Labute approximate surface area is 132 Å². The number of hydrogen-bond acceptors (Lipinski definition) is 5. The van der Waals surface area contributed by atoms with Crippen molar-refractivity contribution >= 4 is 23.1 Å². The lowest BCUT2D eigenvalue weighted by Crippen LogP contribution is -2.20. The van der Waals surface area contributed by atoms with E-state index in [1.807, 2.05) is 0 Å². The van der Waals surface area contributed by atoms with E-state index in [-0.39, 0.29) is 17.1 Å². The van der Waals surface area contributed by atoms with Crippen LogP contribution in [-0.4, -0.2) is 25.2 Å². The number of nitrogens with zero attached hydrogens (tertiary/aromatic N) is 1. The molecule has 0 atom stereocenters. The van der Waals surface area contributed by atoms with Crippen LogP contribution in [0.4, 0.5) is 21.9 Å². The molecular weight excluding hydrogens is 302 g/mol. The normalized spacial score (nSPS) is 9.83. The van der Waals surface area contributed by atoms with Crippen molar-refractivity contribution in [2.45, 2.75) is 0 Å². The molecule has 0 aromatic heterocycles. The third-order valence-corrected chi connectivity index (χ3v) is 2.99. The van der Waals surface area contributed by atoms with Crippen LogP contribution >= 0.6 is 0 Å². The first-order chi connectivity index (χ1) is 11.0. The first-order valence-corrected chi connectivity index (χ1v) is 6.58. The minimum absolute atomic E-state index is 0.0117. The molecule has 2 amide bonds. The van der Waals surface area contributed by atoms with Crippen LogP contribution in [0, 0.1) is 10.1 Å². The summed E-state index contributed by atoms with van der Waals surface area (Å²) in [7, 11) is 2.85. The fourth-order valence-corrected chi connectivity index (χ4v) is 1.94. The van der Waals surface area contributed by atoms with E-state index >= 15 is 0 Å². The summed E-state index contributed by atoms with van der Waals surface area (Å²) in [5.41, 5.74) is 0.523. The Kier molecular flexibility index (Phi) is 4.98. The molecule has 0 bridgehead atoms. The van der Waals surface area contributed by atoms with Crippen LogP contribution < -0.4 is 20.1 Å². The second-order valence-corrected chi connectivity index (χ2v) is 4.42. The van der Waals surface area contributed by atoms with Gasteiger partial charge in [0, 0.05) is 11.8 Å². The van der Waals surface area contributed by atoms with Gasteiger partial charge in [0.1, 0.15) is 5.75 Å². The van der Waals surface area contributed by atoms with Gasteiger partial charge in [0.15, 0.2) is 0 Å². The van der Waals surface area contributed by atoms with Crippen molar-refractivity contribution in [3.63, 3.8) is 0 Å². The van der Waals surface area contributed by atoms with Crippen LogP contribution in [0.3, 0.4) is 0 Å². The highest BCUT2D eigenvalue weighted by molar-refractivity contribution is 6.01. The number of rotatable bonds is 5. The molecule has 0 saturated carbocycles. The van der Waals surface area contributed by atoms with Crippen molar-refractivity contribution in [3.8, 4) is 11.5 Å². The molecule has 23 heavy (non-hydrogen) atoms. The number of amides is 2. The molecule has 0 aliphatic rings. The molecule has 0 heterocycles. The molecular formula is C15H15N3O5. The van der Waals surface area contributed by atoms with E-state index in [0.717, 1.165) is 0 Å². The Morgan fingerprint density at radius 2 is 1.74 bits per heavy atom. The number of benzene rings is 2. The molecule has 2 aromatic rings. The Morgan fingerprint density at radius 1 is 1.04 bits per heavy atom. The van der Waals surface area contributed by atoms with Gasteiger partial charge >= 0.3 is 11.7 Å². The maximum atomic E-state index is 12.0. The Hall–Kier alpha value is -3.29. The fourth-order valence-electron chi connectivity index (χ4n) is 1.94. The Bertz CT molecular complexity index is 716. The zero-order valence-electron chi connectivity index (χ0n) is 12.5. The zero-order valence-corrected chi connectivity index (χ0v) is 12.5. The summed E-state index contributed by atoms with van der Waals surface area (Å²) in [6.07, 6.45) is 0. The SMILES string of the molecule is COc1ccc(NC(=O)Nc2cccc([N+](=O)[O-])c2OC)cc1. The van der Waals surface area contributed by atoms with Crippen LogP contribution in [0.25, 0.3) is 0 Å². The second kappa shape index (κ2) is 7.12. The van der Waals surface area contributed by atoms with E-state index in [1.54, 1.807) is 31.4 Å². The lowest BCUT2D eigenvalue weighted by Gasteiger charge is -2.11. The van der Waals surface area contributed by atoms with Crippen LogP contribution in [0.2, 0.25) is 0 Å². The lowest BCUT2D eigenvalue weighted by molar-refractivity contribution is -0.385. The van der Waals surface area contributed by atoms with Crippen LogP contribution in [0.5, 0.6) is 11.5 Å². The van der Waals surface area contributed by atoms with E-state index in [0.29, 0.717) is 11.4 Å². The minimum Gasteiger partial charge on any atom is -0.497 e. The maximum absolute atomic E-state index is 12.0. The summed E-state index contributed by atoms with van der Waals surface area (Å²) < 4.78 is 10.0. The first-order valence-electron chi connectivity index (χ1n) is 6.58. The van der Waals surface area contributed by atoms with E-state index in [4.69, 9.17) is 9.47 Å². The van der Waals surface area contributed by atoms with Crippen molar-refractivity contribution < 1.29 is 19.2 Å². The topological polar surface area (TPSA) is 103 Å². The predicted octanol–water partition coefficient (Wildman–Crippen LogP) is 3.26. The van der Waals surface area contributed by atoms with Gasteiger partial charge in [-0.25, -0.2) is 4.79 Å². The maximum Gasteiger partial charge on any atom is 0.323 e. The third kappa shape index (κ3) is 3.88. The van der Waals surface area contributed by atoms with E-state index in [9.17, 15) is 14.9 Å². The Morgan fingerprint density at radius 3 is 2.30 bits per heavy atom. The van der Waals surface area contributed by atoms with Gasteiger partial charge in [0.05, 0.1) is 24.8 Å². The van der Waals surface area contributed by atoms with Gasteiger partial charge in [-0.15, -0.1) is 0 Å². The fraction of sp³-hybridized carbons (Fsp3) is 0.133. The number of methoxy groups -OCH3 is 2. The molecule has 0 saturated heterocycles. The summed E-state index contributed by atoms with van der Waals surface area (Å²) >= 11 is 0. The number of carbonyl (C=O) groups is 1. The molecule has 2 N–H and O–H groups in total. The highest BCUT2D eigenvalue weighted by Gasteiger charge is 2.19. The van der Waals surface area contributed by atoms with Crippen molar-refractivity contribution in [1.29, 1.82) is 0 Å². The molecule has 2 rings (SSSR count). The molecule has 120 valence electrons. The summed E-state index contributed by atoms with van der Waals surface area (Å²) in [5.74, 6) is 0.652. The molecule has 8 heteroatoms. The van der Waals surface area contributed by atoms with Gasteiger partial charge < -0.3 is 20.1 Å². The summed E-state index contributed by atoms with van der Waals surface area (Å²) in [5, 5.41) is 16.1. The van der Waals surface area contributed by atoms with Gasteiger partial charge in [-0.3, -0.25) is 10.1 Å². The number of anilines is 2. The smallest absolute Gasteiger partial charge is 0.323 e. The van der Waals surface area contributed by atoms with E-state index in [1.165, 1.54) is 25.3 Å². The number of nitrogens with one attached hydrogen (secondary N) is 2. The molecule has 0 aliphatic carbocycles. The summed E-state index contributed by atoms with van der Waals surface area (Å²) in [4.78, 5) is 22.4. The van der Waals surface area contributed by atoms with Crippen molar-refractivity contribution in [3.05, 3.63) is 52.6 Å². The van der Waals surface area contributed by atoms with Crippen LogP contribution in [0.1, 0.15) is 0 Å². The average molecular weight is 317 g/mol. The average Bonchev–Trinajstić information content (AvgIpc) is 2.55. The molecule has 0 radical (unpaired) electrons. The number of hydrogen-bond donors (Lipinski definition) is 2. The largest absolute Gasteiger partial charge is 0.497 e. The summed E-state index contributed by atoms with van der Waals surface area (Å²) in [6, 6.07) is 10.5. The summed E-state index contributed by atoms with van der Waals surface area (Å²) in [6.45, 7) is 0. The molecule has 0 fully saturated rings. The molecule has 0 spiro atoms. The van der Waals surface area contributed by atoms with Gasteiger partial charge in [-0.1, -0.05) is 6.07 Å². The van der Waals surface area contributed by atoms with Crippen molar-refractivity contribution in [2.24, 2.45) is 0 Å². The van der Waals surface area contributed by atoms with Crippen molar-refractivity contribution in [2.75, 3.05) is 24.9 Å². The zero-order chi connectivity index (χ0) is 16.8. The van der Waals surface area contributed by atoms with Crippen molar-refractivity contribution in [1.82, 2.24) is 0 Å². The predicted molar refractivity (Wildman–Crippen MR) is 85.3 cm³/mol. The number of nitro groups is 1. The first kappa shape index (κ1) is 16.1. The number of urea groups is 1. The number of para-hydroxylation sites is 1. The number of nitro benzene ring substituents is 1. The minimum atomic E-state index is -0.578. The van der Waals surface area contributed by atoms with E-state index in [2.05, 4.69) is 10.6 Å². The third-order valence-electron chi connectivity index (χ3n) is 2.99. The highest BCUT2D eigenvalue weighted by atomic mass is 16.6. The lowest BCUT2D eigenvalue weighted by atomic mass is 10.2. The molecule has 2 aromatic carbocycles. The molecule has 0 aliphatic heterocycles. The number of carbonyl (C=O) groups excluding carboxylic acids is 1. The molecule has 8 nitrogen and oxygen atoms in total. The molecule has 0 unspecified atom stereocenters. The second-order valence-electron chi connectivity index (χ2n) is 4.42. The van der Waals surface area contributed by atoms with Crippen LogP contribution in [0.15, 0.2) is 42.5 Å². The van der Waals surface area contributed by atoms with E-state index < -0.39 is 11.0 Å². The highest BCUT2D eigenvalue weighted by Crippen LogP contribution is 2.34. The monoisotopic (exact) mass is 317 g/mol. The van der Waals surface area contributed by atoms with Gasteiger partial charge in [-0.2, -0.15) is 0 Å². The Balaban J connectivity index is 2.13. The van der Waals surface area contributed by atoms with Gasteiger partial charge in [0.25, 0.3) is 0 Å². The van der Waals surface area contributed by atoms with Gasteiger partial charge in [-0.05, 0) is 30.3 Å².